The molecule has 9 heteroatoms. The van der Waals surface area contributed by atoms with Crippen LogP contribution >= 0.6 is 0 Å². The Labute approximate surface area is 173 Å². The fraction of sp³-hybridized carbons (Fsp3) is 0.429. The average molecular weight is 405 g/mol. The SMILES string of the molecule is CN1CCN(C(=O)N2Cc3c(-c4noc(C5CC5)n4)ncn3-c3ccccc32)CC1. The number of piperazine rings is 1. The van der Waals surface area contributed by atoms with E-state index in [0.29, 0.717) is 29.9 Å². The Hall–Kier alpha value is -3.20. The van der Waals surface area contributed by atoms with Gasteiger partial charge in [-0.25, -0.2) is 9.78 Å². The highest BCUT2D eigenvalue weighted by Crippen LogP contribution is 2.40. The van der Waals surface area contributed by atoms with Crippen molar-refractivity contribution in [1.82, 2.24) is 29.5 Å². The summed E-state index contributed by atoms with van der Waals surface area (Å²) in [6.07, 6.45) is 3.99. The van der Waals surface area contributed by atoms with Crippen molar-refractivity contribution in [1.29, 1.82) is 0 Å². The van der Waals surface area contributed by atoms with E-state index >= 15 is 0 Å². The Morgan fingerprint density at radius 3 is 2.63 bits per heavy atom. The summed E-state index contributed by atoms with van der Waals surface area (Å²) in [7, 11) is 2.09. The van der Waals surface area contributed by atoms with Crippen LogP contribution in [0.2, 0.25) is 0 Å². The van der Waals surface area contributed by atoms with Gasteiger partial charge in [0.2, 0.25) is 11.7 Å². The lowest BCUT2D eigenvalue weighted by molar-refractivity contribution is 0.159. The highest BCUT2D eigenvalue weighted by atomic mass is 16.5. The number of amides is 2. The second-order valence-electron chi connectivity index (χ2n) is 8.29. The van der Waals surface area contributed by atoms with Crippen molar-refractivity contribution in [3.8, 4) is 17.2 Å². The lowest BCUT2D eigenvalue weighted by Gasteiger charge is -2.38. The zero-order valence-corrected chi connectivity index (χ0v) is 16.9. The summed E-state index contributed by atoms with van der Waals surface area (Å²) >= 11 is 0. The van der Waals surface area contributed by atoms with Crippen molar-refractivity contribution < 1.29 is 9.32 Å². The van der Waals surface area contributed by atoms with Crippen LogP contribution in [0.3, 0.4) is 0 Å². The van der Waals surface area contributed by atoms with Gasteiger partial charge in [0.1, 0.15) is 12.0 Å². The van der Waals surface area contributed by atoms with E-state index in [9.17, 15) is 4.79 Å². The Kier molecular flexibility index (Phi) is 3.92. The molecule has 1 aliphatic carbocycles. The lowest BCUT2D eigenvalue weighted by Crippen LogP contribution is -2.52. The van der Waals surface area contributed by atoms with Crippen LogP contribution in [-0.2, 0) is 6.54 Å². The van der Waals surface area contributed by atoms with Crippen LogP contribution in [0.4, 0.5) is 10.5 Å². The topological polar surface area (TPSA) is 83.5 Å². The van der Waals surface area contributed by atoms with E-state index in [-0.39, 0.29) is 6.03 Å². The standard InChI is InChI=1S/C21H23N7O2/c1-25-8-10-26(11-9-25)21(29)27-12-17-18(19-23-20(30-24-19)14-6-7-14)22-13-28(17)16-5-3-2-4-15(16)27/h2-5,13-14H,6-12H2,1H3. The third-order valence-electron chi connectivity index (χ3n) is 6.19. The first-order valence-electron chi connectivity index (χ1n) is 10.4. The Morgan fingerprint density at radius 2 is 1.87 bits per heavy atom. The van der Waals surface area contributed by atoms with E-state index in [0.717, 1.165) is 56.1 Å². The number of carbonyl (C=O) groups excluding carboxylic acids is 1. The number of anilines is 1. The van der Waals surface area contributed by atoms with Crippen LogP contribution in [0.25, 0.3) is 17.2 Å². The molecule has 4 heterocycles. The third-order valence-corrected chi connectivity index (χ3v) is 6.19. The van der Waals surface area contributed by atoms with Gasteiger partial charge < -0.3 is 14.3 Å². The molecule has 6 rings (SSSR count). The summed E-state index contributed by atoms with van der Waals surface area (Å²) in [4.78, 5) is 28.7. The van der Waals surface area contributed by atoms with E-state index in [1.165, 1.54) is 0 Å². The molecule has 1 aromatic carbocycles. The monoisotopic (exact) mass is 405 g/mol. The normalized spacial score (nSPS) is 19.0. The minimum atomic E-state index is 0.0285. The van der Waals surface area contributed by atoms with Gasteiger partial charge in [-0.1, -0.05) is 17.3 Å². The number of nitrogens with zero attached hydrogens (tertiary/aromatic N) is 7. The van der Waals surface area contributed by atoms with Crippen molar-refractivity contribution in [2.75, 3.05) is 38.1 Å². The van der Waals surface area contributed by atoms with Crippen molar-refractivity contribution in [2.24, 2.45) is 0 Å². The summed E-state index contributed by atoms with van der Waals surface area (Å²) in [5.74, 6) is 1.58. The molecular weight excluding hydrogens is 382 g/mol. The molecule has 0 atom stereocenters. The molecule has 30 heavy (non-hydrogen) atoms. The molecule has 154 valence electrons. The molecule has 0 N–H and O–H groups in total. The fourth-order valence-electron chi connectivity index (χ4n) is 4.22. The number of carbonyl (C=O) groups is 1. The van der Waals surface area contributed by atoms with Gasteiger partial charge in [-0.2, -0.15) is 4.98 Å². The molecule has 2 amide bonds. The number of imidazole rings is 1. The molecule has 1 saturated heterocycles. The van der Waals surface area contributed by atoms with Gasteiger partial charge in [-0.15, -0.1) is 0 Å². The van der Waals surface area contributed by atoms with Crippen molar-refractivity contribution in [2.45, 2.75) is 25.3 Å². The fourth-order valence-corrected chi connectivity index (χ4v) is 4.22. The van der Waals surface area contributed by atoms with Crippen LogP contribution in [0, 0.1) is 0 Å². The Balaban J connectivity index is 1.38. The highest BCUT2D eigenvalue weighted by Gasteiger charge is 2.35. The first-order chi connectivity index (χ1) is 14.7. The van der Waals surface area contributed by atoms with Crippen molar-refractivity contribution in [3.63, 3.8) is 0 Å². The number of benzene rings is 1. The Morgan fingerprint density at radius 1 is 1.10 bits per heavy atom. The summed E-state index contributed by atoms with van der Waals surface area (Å²) in [5, 5.41) is 4.17. The van der Waals surface area contributed by atoms with Gasteiger partial charge in [0.05, 0.1) is 23.6 Å². The minimum absolute atomic E-state index is 0.0285. The number of likely N-dealkylation sites (N-methyl/N-ethyl adjacent to an activating group) is 1. The number of rotatable bonds is 2. The maximum atomic E-state index is 13.5. The molecule has 0 unspecified atom stereocenters. The predicted octanol–water partition coefficient (Wildman–Crippen LogP) is 2.49. The zero-order valence-electron chi connectivity index (χ0n) is 16.9. The molecular formula is C21H23N7O2. The molecule has 0 bridgehead atoms. The highest BCUT2D eigenvalue weighted by molar-refractivity contribution is 5.95. The maximum absolute atomic E-state index is 13.5. The second-order valence-corrected chi connectivity index (χ2v) is 8.29. The van der Waals surface area contributed by atoms with E-state index in [1.807, 2.05) is 38.6 Å². The van der Waals surface area contributed by atoms with E-state index in [1.54, 1.807) is 6.33 Å². The number of aromatic nitrogens is 4. The smallest absolute Gasteiger partial charge is 0.325 e. The van der Waals surface area contributed by atoms with Gasteiger partial charge in [0.15, 0.2) is 0 Å². The van der Waals surface area contributed by atoms with Gasteiger partial charge in [0.25, 0.3) is 0 Å². The molecule has 2 fully saturated rings. The first-order valence-corrected chi connectivity index (χ1v) is 10.4. The number of fused-ring (bicyclic) bond motifs is 3. The number of hydrogen-bond acceptors (Lipinski definition) is 6. The van der Waals surface area contributed by atoms with E-state index in [4.69, 9.17) is 4.52 Å². The maximum Gasteiger partial charge on any atom is 0.325 e. The van der Waals surface area contributed by atoms with Crippen LogP contribution in [-0.4, -0.2) is 68.7 Å². The summed E-state index contributed by atoms with van der Waals surface area (Å²) in [6, 6.07) is 7.98. The van der Waals surface area contributed by atoms with E-state index < -0.39 is 0 Å². The van der Waals surface area contributed by atoms with Crippen LogP contribution in [0.15, 0.2) is 35.1 Å². The molecule has 1 saturated carbocycles. The molecule has 0 spiro atoms. The molecule has 3 aliphatic rings. The number of hydrogen-bond donors (Lipinski definition) is 0. The summed E-state index contributed by atoms with van der Waals surface area (Å²) in [5.41, 5.74) is 3.41. The zero-order chi connectivity index (χ0) is 20.2. The molecule has 3 aromatic rings. The molecule has 0 radical (unpaired) electrons. The molecule has 9 nitrogen and oxygen atoms in total. The van der Waals surface area contributed by atoms with Gasteiger partial charge >= 0.3 is 6.03 Å². The van der Waals surface area contributed by atoms with Gasteiger partial charge in [-0.05, 0) is 32.0 Å². The minimum Gasteiger partial charge on any atom is -0.339 e. The largest absolute Gasteiger partial charge is 0.339 e. The predicted molar refractivity (Wildman–Crippen MR) is 109 cm³/mol. The van der Waals surface area contributed by atoms with E-state index in [2.05, 4.69) is 27.1 Å². The molecule has 2 aromatic heterocycles. The van der Waals surface area contributed by atoms with Crippen LogP contribution in [0.1, 0.15) is 30.3 Å². The van der Waals surface area contributed by atoms with Gasteiger partial charge in [0, 0.05) is 32.1 Å². The average Bonchev–Trinajstić information content (AvgIpc) is 3.35. The summed E-state index contributed by atoms with van der Waals surface area (Å²) in [6.45, 7) is 3.66. The quantitative estimate of drug-likeness (QED) is 0.651. The number of urea groups is 1. The Bertz CT molecular complexity index is 1110. The molecule has 2 aliphatic heterocycles. The van der Waals surface area contributed by atoms with Crippen LogP contribution < -0.4 is 4.90 Å². The number of para-hydroxylation sites is 2. The second kappa shape index (κ2) is 6.66. The van der Waals surface area contributed by atoms with Crippen molar-refractivity contribution >= 4 is 11.7 Å². The van der Waals surface area contributed by atoms with Gasteiger partial charge in [-0.3, -0.25) is 9.47 Å². The van der Waals surface area contributed by atoms with Crippen LogP contribution in [0.5, 0.6) is 0 Å². The lowest BCUT2D eigenvalue weighted by atomic mass is 10.1. The first kappa shape index (κ1) is 17.6. The third kappa shape index (κ3) is 2.80. The van der Waals surface area contributed by atoms with Crippen molar-refractivity contribution in [3.05, 3.63) is 42.2 Å². The summed E-state index contributed by atoms with van der Waals surface area (Å²) < 4.78 is 7.48.